The van der Waals surface area contributed by atoms with Crippen LogP contribution in [-0.2, 0) is 28.6 Å². The Hall–Kier alpha value is -2.66. The van der Waals surface area contributed by atoms with Crippen molar-refractivity contribution in [3.63, 3.8) is 0 Å². The summed E-state index contributed by atoms with van der Waals surface area (Å²) in [5, 5.41) is 0. The van der Waals surface area contributed by atoms with Crippen LogP contribution < -0.4 is 4.67 Å². The van der Waals surface area contributed by atoms with Gasteiger partial charge in [0.05, 0.1) is 0 Å². The zero-order valence-corrected chi connectivity index (χ0v) is 21.6. The van der Waals surface area contributed by atoms with Crippen molar-refractivity contribution in [2.75, 3.05) is 0 Å². The lowest BCUT2D eigenvalue weighted by Gasteiger charge is -2.68. The first-order valence-corrected chi connectivity index (χ1v) is 12.7. The van der Waals surface area contributed by atoms with Crippen molar-refractivity contribution < 1.29 is 28.6 Å². The Balaban J connectivity index is 1.67. The fourth-order valence-electron chi connectivity index (χ4n) is 8.65. The van der Waals surface area contributed by atoms with Crippen LogP contribution in [0.15, 0.2) is 23.5 Å². The van der Waals surface area contributed by atoms with E-state index < -0.39 is 34.4 Å². The number of nitrogens with zero attached hydrogens (tertiary/aromatic N) is 1. The van der Waals surface area contributed by atoms with Crippen LogP contribution in [0.25, 0.3) is 0 Å². The van der Waals surface area contributed by atoms with Gasteiger partial charge in [0.1, 0.15) is 29.8 Å². The third-order valence-corrected chi connectivity index (χ3v) is 10.3. The Bertz CT molecular complexity index is 1130. The van der Waals surface area contributed by atoms with Crippen molar-refractivity contribution in [3.8, 4) is 0 Å². The molecule has 7 nitrogen and oxygen atoms in total. The predicted octanol–water partition coefficient (Wildman–Crippen LogP) is 3.69. The number of cyclic esters (lactones) is 1. The molecule has 0 aromatic rings. The van der Waals surface area contributed by atoms with Crippen LogP contribution in [0.2, 0.25) is 0 Å². The molecule has 0 aromatic heterocycles. The molecule has 7 unspecified atom stereocenters. The van der Waals surface area contributed by atoms with Gasteiger partial charge in [0, 0.05) is 35.7 Å². The molecule has 7 atom stereocenters. The molecule has 188 valence electrons. The minimum atomic E-state index is -0.572. The molecule has 0 spiro atoms. The molecule has 3 fully saturated rings. The number of ketones is 1. The van der Waals surface area contributed by atoms with E-state index >= 15 is 0 Å². The van der Waals surface area contributed by atoms with E-state index in [0.29, 0.717) is 18.4 Å². The molecule has 2 heterocycles. The molecule has 0 saturated heterocycles. The van der Waals surface area contributed by atoms with Gasteiger partial charge in [-0.2, -0.15) is 0 Å². The van der Waals surface area contributed by atoms with Crippen molar-refractivity contribution in [2.45, 2.75) is 85.9 Å². The normalized spacial score (nSPS) is 43.5. The van der Waals surface area contributed by atoms with Gasteiger partial charge in [-0.05, 0) is 48.5 Å². The molecule has 0 aromatic carbocycles. The quantitative estimate of drug-likeness (QED) is 0.440. The summed E-state index contributed by atoms with van der Waals surface area (Å²) in [6, 6.07) is 0. The van der Waals surface area contributed by atoms with Gasteiger partial charge < -0.3 is 14.2 Å². The summed E-state index contributed by atoms with van der Waals surface area (Å²) in [6.07, 6.45) is 8.92. The van der Waals surface area contributed by atoms with Crippen LogP contribution in [0, 0.1) is 33.5 Å². The highest BCUT2D eigenvalue weighted by Gasteiger charge is 2.69. The average Bonchev–Trinajstić information content (AvgIpc) is 2.79. The molecule has 7 heteroatoms. The van der Waals surface area contributed by atoms with Gasteiger partial charge >= 0.3 is 24.6 Å². The van der Waals surface area contributed by atoms with Crippen molar-refractivity contribution in [1.82, 2.24) is 4.67 Å². The third-order valence-electron chi connectivity index (χ3n) is 10.3. The lowest BCUT2D eigenvalue weighted by Crippen LogP contribution is -2.67. The molecule has 5 aliphatic rings. The smallest absolute Gasteiger partial charge is 0.455 e. The second-order valence-corrected chi connectivity index (χ2v) is 12.3. The Morgan fingerprint density at radius 2 is 1.86 bits per heavy atom. The molecule has 3 saturated carbocycles. The molecule has 0 radical (unpaired) electrons. The van der Waals surface area contributed by atoms with Crippen molar-refractivity contribution in [2.24, 2.45) is 33.5 Å². The summed E-state index contributed by atoms with van der Waals surface area (Å²) in [5.74, 6) is -0.220. The number of fused-ring (bicyclic) bond motifs is 5. The minimum absolute atomic E-state index is 0.0899. The zero-order valence-electron chi connectivity index (χ0n) is 21.6. The van der Waals surface area contributed by atoms with Gasteiger partial charge in [-0.1, -0.05) is 39.3 Å². The number of carbonyl (C=O) groups excluding carboxylic acids is 3. The molecular weight excluding hydrogens is 446 g/mol. The first kappa shape index (κ1) is 24.1. The number of Topliss-reactive ketones (excluding diaryl/α,β-unsaturated/α-hetero) is 1. The molecule has 0 bridgehead atoms. The summed E-state index contributed by atoms with van der Waals surface area (Å²) < 4.78 is 21.4. The summed E-state index contributed by atoms with van der Waals surface area (Å²) >= 11 is 0. The second kappa shape index (κ2) is 7.67. The molecule has 0 amide bonds. The van der Waals surface area contributed by atoms with E-state index in [4.69, 9.17) is 14.2 Å². The van der Waals surface area contributed by atoms with Crippen molar-refractivity contribution in [1.29, 1.82) is 0 Å². The number of ether oxygens (including phenoxy) is 3. The summed E-state index contributed by atoms with van der Waals surface area (Å²) in [5.41, 5.74) is 0.00582. The maximum atomic E-state index is 13.0. The standard InChI is InChI=1S/C28H36NO6/c1-16(30)34-22-11-19-25(2,3)21(31)8-10-26(19,4)18-7-9-27(5)20(28(18,22)6)12-23(32)35-24(27)17-13-29-15-33-14-17/h12-15,18-19,22,24H,7-11H2,1-6H3/q+1. The highest BCUT2D eigenvalue weighted by Crippen LogP contribution is 2.71. The minimum Gasteiger partial charge on any atom is -0.462 e. The second-order valence-electron chi connectivity index (χ2n) is 12.3. The van der Waals surface area contributed by atoms with Gasteiger partial charge in [-0.3, -0.25) is 9.59 Å². The Labute approximate surface area is 206 Å². The Kier molecular flexibility index (Phi) is 5.27. The van der Waals surface area contributed by atoms with Gasteiger partial charge in [0.25, 0.3) is 0 Å². The summed E-state index contributed by atoms with van der Waals surface area (Å²) in [7, 11) is 0. The van der Waals surface area contributed by atoms with E-state index in [1.54, 1.807) is 18.6 Å². The van der Waals surface area contributed by atoms with E-state index in [1.165, 1.54) is 13.3 Å². The SMILES string of the molecule is CC(=O)OC1CC2C(C)(C)C(=O)CCC2(C)C2CCC3(C)C(=CC(=O)OC3C3=COC=[N+]=C3)C12C. The lowest BCUT2D eigenvalue weighted by molar-refractivity contribution is -0.208. The maximum absolute atomic E-state index is 13.0. The van der Waals surface area contributed by atoms with Crippen LogP contribution in [0.3, 0.4) is 0 Å². The molecule has 3 aliphatic carbocycles. The topological polar surface area (TPSA) is 93.0 Å². The molecule has 0 N–H and O–H groups in total. The molecular formula is C28H36NO6+. The summed E-state index contributed by atoms with van der Waals surface area (Å²) in [6.45, 7) is 12.2. The Morgan fingerprint density at radius 1 is 1.11 bits per heavy atom. The number of esters is 2. The van der Waals surface area contributed by atoms with Crippen LogP contribution in [0.5, 0.6) is 0 Å². The first-order valence-electron chi connectivity index (χ1n) is 12.7. The van der Waals surface area contributed by atoms with Crippen molar-refractivity contribution in [3.05, 3.63) is 23.5 Å². The zero-order chi connectivity index (χ0) is 25.4. The van der Waals surface area contributed by atoms with E-state index in [1.807, 2.05) is 0 Å². The van der Waals surface area contributed by atoms with E-state index in [2.05, 4.69) is 39.3 Å². The van der Waals surface area contributed by atoms with Gasteiger partial charge in [0.2, 0.25) is 0 Å². The van der Waals surface area contributed by atoms with Gasteiger partial charge in [-0.15, -0.1) is 0 Å². The maximum Gasteiger partial charge on any atom is 0.455 e. The highest BCUT2D eigenvalue weighted by molar-refractivity contribution is 5.89. The number of hydrogen-bond donors (Lipinski definition) is 0. The third kappa shape index (κ3) is 3.23. The monoisotopic (exact) mass is 482 g/mol. The molecule has 35 heavy (non-hydrogen) atoms. The number of rotatable bonds is 2. The van der Waals surface area contributed by atoms with E-state index in [-0.39, 0.29) is 29.0 Å². The fourth-order valence-corrected chi connectivity index (χ4v) is 8.65. The number of carbonyl (C=O) groups is 3. The summed E-state index contributed by atoms with van der Waals surface area (Å²) in [4.78, 5) is 38.4. The largest absolute Gasteiger partial charge is 0.462 e. The lowest BCUT2D eigenvalue weighted by atomic mass is 9.37. The van der Waals surface area contributed by atoms with E-state index in [9.17, 15) is 14.4 Å². The van der Waals surface area contributed by atoms with Crippen LogP contribution >= 0.6 is 0 Å². The highest BCUT2D eigenvalue weighted by atomic mass is 16.6. The Morgan fingerprint density at radius 3 is 2.51 bits per heavy atom. The van der Waals surface area contributed by atoms with Crippen LogP contribution in [0.4, 0.5) is 0 Å². The fraction of sp³-hybridized carbons (Fsp3) is 0.679. The van der Waals surface area contributed by atoms with Gasteiger partial charge in [0.15, 0.2) is 0 Å². The average molecular weight is 483 g/mol. The first-order chi connectivity index (χ1) is 16.3. The van der Waals surface area contributed by atoms with Gasteiger partial charge in [-0.25, -0.2) is 4.79 Å². The molecule has 5 rings (SSSR count). The van der Waals surface area contributed by atoms with Crippen molar-refractivity contribution >= 4 is 30.3 Å². The van der Waals surface area contributed by atoms with Crippen LogP contribution in [-0.4, -0.2) is 42.5 Å². The van der Waals surface area contributed by atoms with E-state index in [0.717, 1.165) is 24.8 Å². The number of hydrogen-bond acceptors (Lipinski definition) is 6. The predicted molar refractivity (Wildman–Crippen MR) is 130 cm³/mol. The molecule has 2 aliphatic heterocycles. The van der Waals surface area contributed by atoms with Crippen LogP contribution in [0.1, 0.15) is 73.6 Å².